The summed E-state index contributed by atoms with van der Waals surface area (Å²) in [5, 5.41) is 0. The summed E-state index contributed by atoms with van der Waals surface area (Å²) in [5.41, 5.74) is 0. The molecule has 0 aliphatic carbocycles. The van der Waals surface area contributed by atoms with Gasteiger partial charge in [-0.05, 0) is 32.2 Å². The first kappa shape index (κ1) is 25.5. The minimum Gasteiger partial charge on any atom is -0.373 e. The van der Waals surface area contributed by atoms with Crippen molar-refractivity contribution in [3.8, 4) is 0 Å². The summed E-state index contributed by atoms with van der Waals surface area (Å²) in [5.74, 6) is 0. The van der Waals surface area contributed by atoms with E-state index in [2.05, 4.69) is 64.3 Å². The summed E-state index contributed by atoms with van der Waals surface area (Å²) in [4.78, 5) is 0. The zero-order valence-corrected chi connectivity index (χ0v) is 21.5. The Morgan fingerprint density at radius 2 is 1.00 bits per heavy atom. The van der Waals surface area contributed by atoms with Gasteiger partial charge in [-0.1, -0.05) is 60.1 Å². The maximum Gasteiger partial charge on any atom is 0.501 e. The monoisotopic (exact) mass is 407 g/mol. The number of nitrogens with zero attached hydrogens (tertiary/aromatic N) is 1. The molecule has 0 fully saturated rings. The van der Waals surface area contributed by atoms with E-state index in [0.29, 0.717) is 0 Å². The standard InChI is InChI=1S/C18H45NO3Si3/c1-10-15-20-25(21-16-11-2,22-17-12-3)18-13-14-19(23(4,5)6)24(7,8)9/h10-18H2,1-9H3. The molecule has 0 aromatic rings. The van der Waals surface area contributed by atoms with Crippen LogP contribution in [-0.2, 0) is 13.3 Å². The zero-order chi connectivity index (χ0) is 19.6. The van der Waals surface area contributed by atoms with Gasteiger partial charge in [0.05, 0.1) is 0 Å². The van der Waals surface area contributed by atoms with Crippen LogP contribution in [-0.4, -0.2) is 55.9 Å². The Bertz CT molecular complexity index is 308. The fourth-order valence-electron chi connectivity index (χ4n) is 3.24. The summed E-state index contributed by atoms with van der Waals surface area (Å²) in [7, 11) is -5.15. The maximum atomic E-state index is 6.23. The summed E-state index contributed by atoms with van der Waals surface area (Å²) in [6, 6.07) is 0.943. The molecule has 0 bridgehead atoms. The Balaban J connectivity index is 5.02. The molecule has 25 heavy (non-hydrogen) atoms. The molecule has 0 radical (unpaired) electrons. The van der Waals surface area contributed by atoms with Gasteiger partial charge in [0.25, 0.3) is 0 Å². The molecule has 4 nitrogen and oxygen atoms in total. The molecular formula is C18H45NO3Si3. The van der Waals surface area contributed by atoms with Gasteiger partial charge >= 0.3 is 8.80 Å². The first-order valence-electron chi connectivity index (χ1n) is 10.2. The highest BCUT2D eigenvalue weighted by Crippen LogP contribution is 2.24. The molecule has 0 aromatic carbocycles. The van der Waals surface area contributed by atoms with Crippen LogP contribution in [0, 0.1) is 0 Å². The smallest absolute Gasteiger partial charge is 0.373 e. The molecule has 0 amide bonds. The Labute approximate surface area is 161 Å². The topological polar surface area (TPSA) is 30.9 Å². The van der Waals surface area contributed by atoms with Gasteiger partial charge in [0.1, 0.15) is 16.5 Å². The molecule has 0 rings (SSSR count). The summed E-state index contributed by atoms with van der Waals surface area (Å²) >= 11 is 0. The third-order valence-corrected chi connectivity index (χ3v) is 14.7. The SMILES string of the molecule is CCCO[Si](CCCN([Si](C)(C)C)[Si](C)(C)C)(OCCC)OCCC. The quantitative estimate of drug-likeness (QED) is 0.332. The second-order valence-corrected chi connectivity index (χ2v) is 21.8. The van der Waals surface area contributed by atoms with Crippen LogP contribution in [0.25, 0.3) is 0 Å². The van der Waals surface area contributed by atoms with E-state index < -0.39 is 25.3 Å². The largest absolute Gasteiger partial charge is 0.501 e. The Hall–Kier alpha value is 0.491. The van der Waals surface area contributed by atoms with Gasteiger partial charge in [-0.3, -0.25) is 0 Å². The first-order chi connectivity index (χ1) is 11.5. The number of hydrogen-bond donors (Lipinski definition) is 0. The highest BCUT2D eigenvalue weighted by atomic mass is 28.4. The van der Waals surface area contributed by atoms with Crippen LogP contribution in [0.1, 0.15) is 46.5 Å². The van der Waals surface area contributed by atoms with Crippen LogP contribution in [0.3, 0.4) is 0 Å². The van der Waals surface area contributed by atoms with Crippen molar-refractivity contribution in [2.75, 3.05) is 26.4 Å². The highest BCUT2D eigenvalue weighted by Gasteiger charge is 2.41. The van der Waals surface area contributed by atoms with Crippen LogP contribution in [0.5, 0.6) is 0 Å². The van der Waals surface area contributed by atoms with Crippen molar-refractivity contribution >= 4 is 25.3 Å². The lowest BCUT2D eigenvalue weighted by atomic mass is 10.5. The second kappa shape index (κ2) is 12.0. The normalized spacial score (nSPS) is 13.7. The third kappa shape index (κ3) is 10.4. The van der Waals surface area contributed by atoms with E-state index in [1.54, 1.807) is 0 Å². The minimum absolute atomic E-state index is 0.741. The number of hydrogen-bond acceptors (Lipinski definition) is 4. The van der Waals surface area contributed by atoms with Crippen molar-refractivity contribution in [3.05, 3.63) is 0 Å². The van der Waals surface area contributed by atoms with E-state index in [4.69, 9.17) is 13.3 Å². The van der Waals surface area contributed by atoms with Crippen LogP contribution in [0.4, 0.5) is 0 Å². The molecule has 0 saturated heterocycles. The Morgan fingerprint density at radius 3 is 1.28 bits per heavy atom. The second-order valence-electron chi connectivity index (χ2n) is 8.83. The lowest BCUT2D eigenvalue weighted by Gasteiger charge is -2.44. The van der Waals surface area contributed by atoms with Crippen molar-refractivity contribution in [2.24, 2.45) is 0 Å². The fraction of sp³-hybridized carbons (Fsp3) is 1.00. The van der Waals surface area contributed by atoms with Gasteiger partial charge in [-0.25, -0.2) is 0 Å². The molecule has 0 heterocycles. The third-order valence-electron chi connectivity index (χ3n) is 4.06. The predicted octanol–water partition coefficient (Wildman–Crippen LogP) is 5.57. The van der Waals surface area contributed by atoms with Gasteiger partial charge in [-0.15, -0.1) is 0 Å². The molecule has 0 aliphatic heterocycles. The van der Waals surface area contributed by atoms with E-state index in [1.807, 2.05) is 0 Å². The lowest BCUT2D eigenvalue weighted by molar-refractivity contribution is 0.0586. The van der Waals surface area contributed by atoms with Gasteiger partial charge < -0.3 is 17.5 Å². The van der Waals surface area contributed by atoms with E-state index in [1.165, 1.54) is 0 Å². The van der Waals surface area contributed by atoms with Crippen molar-refractivity contribution in [3.63, 3.8) is 0 Å². The van der Waals surface area contributed by atoms with Crippen LogP contribution in [0.2, 0.25) is 45.3 Å². The summed E-state index contributed by atoms with van der Waals surface area (Å²) in [6.07, 6.45) is 4.14. The van der Waals surface area contributed by atoms with E-state index >= 15 is 0 Å². The molecule has 0 N–H and O–H groups in total. The first-order valence-corrected chi connectivity index (χ1v) is 19.0. The average molecular weight is 408 g/mol. The van der Waals surface area contributed by atoms with Crippen LogP contribution < -0.4 is 0 Å². The Morgan fingerprint density at radius 1 is 0.640 bits per heavy atom. The van der Waals surface area contributed by atoms with E-state index in [0.717, 1.165) is 58.1 Å². The van der Waals surface area contributed by atoms with Gasteiger partial charge in [-0.2, -0.15) is 0 Å². The van der Waals surface area contributed by atoms with Crippen LogP contribution >= 0.6 is 0 Å². The fourth-order valence-corrected chi connectivity index (χ4v) is 15.8. The molecule has 0 unspecified atom stereocenters. The van der Waals surface area contributed by atoms with Gasteiger partial charge in [0.2, 0.25) is 0 Å². The molecule has 7 heteroatoms. The van der Waals surface area contributed by atoms with Gasteiger partial charge in [0, 0.05) is 25.9 Å². The molecular weight excluding hydrogens is 362 g/mol. The molecule has 0 saturated carbocycles. The zero-order valence-electron chi connectivity index (χ0n) is 18.5. The average Bonchev–Trinajstić information content (AvgIpc) is 2.50. The maximum absolute atomic E-state index is 6.23. The van der Waals surface area contributed by atoms with Crippen molar-refractivity contribution in [1.29, 1.82) is 0 Å². The molecule has 0 aliphatic rings. The molecule has 0 aromatic heterocycles. The minimum atomic E-state index is -2.54. The molecule has 152 valence electrons. The summed E-state index contributed by atoms with van der Waals surface area (Å²) < 4.78 is 21.6. The van der Waals surface area contributed by atoms with Gasteiger partial charge in [0.15, 0.2) is 0 Å². The number of rotatable bonds is 15. The molecule has 0 spiro atoms. The van der Waals surface area contributed by atoms with E-state index in [-0.39, 0.29) is 0 Å². The highest BCUT2D eigenvalue weighted by molar-refractivity contribution is 6.89. The van der Waals surface area contributed by atoms with Crippen molar-refractivity contribution < 1.29 is 13.3 Å². The summed E-state index contributed by atoms with van der Waals surface area (Å²) in [6.45, 7) is 24.6. The van der Waals surface area contributed by atoms with Crippen molar-refractivity contribution in [2.45, 2.75) is 91.8 Å². The predicted molar refractivity (Wildman–Crippen MR) is 117 cm³/mol. The Kier molecular flexibility index (Phi) is 12.3. The van der Waals surface area contributed by atoms with Crippen LogP contribution in [0.15, 0.2) is 0 Å². The lowest BCUT2D eigenvalue weighted by Crippen LogP contribution is -2.59. The van der Waals surface area contributed by atoms with E-state index in [9.17, 15) is 0 Å². The van der Waals surface area contributed by atoms with Crippen molar-refractivity contribution in [1.82, 2.24) is 4.23 Å². The molecule has 0 atom stereocenters.